The Hall–Kier alpha value is -1.47. The highest BCUT2D eigenvalue weighted by atomic mass is 32.1. The number of aromatic nitrogens is 4. The predicted octanol–water partition coefficient (Wildman–Crippen LogP) is 3.59. The van der Waals surface area contributed by atoms with Crippen LogP contribution >= 0.6 is 22.7 Å². The number of nitrogens with zero attached hydrogens (tertiary/aromatic N) is 4. The van der Waals surface area contributed by atoms with E-state index < -0.39 is 0 Å². The molecule has 0 aliphatic heterocycles. The lowest BCUT2D eigenvalue weighted by Crippen LogP contribution is -2.16. The SMILES string of the molecule is Cc1nc2c(s1)CCC[C@H]2Nc1nc2c(s1)c(C)nn2C. The van der Waals surface area contributed by atoms with Gasteiger partial charge < -0.3 is 5.32 Å². The molecule has 4 rings (SSSR count). The second-order valence-corrected chi connectivity index (χ2v) is 7.80. The first-order valence-electron chi connectivity index (χ1n) is 7.14. The highest BCUT2D eigenvalue weighted by Gasteiger charge is 2.25. The van der Waals surface area contributed by atoms with E-state index in [1.807, 2.05) is 30.0 Å². The van der Waals surface area contributed by atoms with Crippen LogP contribution in [-0.2, 0) is 13.5 Å². The molecular formula is C14H17N5S2. The van der Waals surface area contributed by atoms with Crippen molar-refractivity contribution in [2.45, 2.75) is 39.2 Å². The average molecular weight is 319 g/mol. The van der Waals surface area contributed by atoms with E-state index in [1.54, 1.807) is 11.3 Å². The highest BCUT2D eigenvalue weighted by Crippen LogP contribution is 2.37. The molecule has 1 N–H and O–H groups in total. The minimum Gasteiger partial charge on any atom is -0.353 e. The molecule has 1 aliphatic carbocycles. The lowest BCUT2D eigenvalue weighted by Gasteiger charge is -2.21. The minimum atomic E-state index is 0.299. The molecule has 3 aromatic heterocycles. The van der Waals surface area contributed by atoms with Crippen LogP contribution in [0, 0.1) is 13.8 Å². The first-order valence-corrected chi connectivity index (χ1v) is 8.78. The van der Waals surface area contributed by atoms with E-state index in [2.05, 4.69) is 17.3 Å². The van der Waals surface area contributed by atoms with Gasteiger partial charge in [-0.05, 0) is 33.1 Å². The zero-order chi connectivity index (χ0) is 14.6. The number of thiazole rings is 2. The number of hydrogen-bond acceptors (Lipinski definition) is 6. The zero-order valence-corrected chi connectivity index (χ0v) is 13.9. The third-order valence-electron chi connectivity index (χ3n) is 3.90. The molecule has 0 saturated heterocycles. The number of nitrogens with one attached hydrogen (secondary N) is 1. The fourth-order valence-corrected chi connectivity index (χ4v) is 5.00. The van der Waals surface area contributed by atoms with Gasteiger partial charge in [0.15, 0.2) is 10.8 Å². The Bertz CT molecular complexity index is 778. The van der Waals surface area contributed by atoms with Crippen molar-refractivity contribution < 1.29 is 0 Å². The third kappa shape index (κ3) is 2.15. The van der Waals surface area contributed by atoms with Gasteiger partial charge in [-0.3, -0.25) is 0 Å². The number of rotatable bonds is 2. The van der Waals surface area contributed by atoms with Crippen molar-refractivity contribution in [3.63, 3.8) is 0 Å². The summed E-state index contributed by atoms with van der Waals surface area (Å²) in [7, 11) is 1.95. The van der Waals surface area contributed by atoms with Crippen LogP contribution in [0.25, 0.3) is 10.3 Å². The van der Waals surface area contributed by atoms with Gasteiger partial charge in [0.1, 0.15) is 0 Å². The highest BCUT2D eigenvalue weighted by molar-refractivity contribution is 7.22. The van der Waals surface area contributed by atoms with Crippen LogP contribution in [0.2, 0.25) is 0 Å². The Balaban J connectivity index is 1.67. The molecule has 1 atom stereocenters. The van der Waals surface area contributed by atoms with Crippen LogP contribution in [0.4, 0.5) is 5.13 Å². The molecule has 3 heterocycles. The lowest BCUT2D eigenvalue weighted by atomic mass is 9.98. The molecule has 0 aromatic carbocycles. The standard InChI is InChI=1S/C14H17N5S2/c1-7-12-13(19(3)18-7)17-14(21-12)16-9-5-4-6-10-11(9)15-8(2)20-10/h9H,4-6H2,1-3H3,(H,16,17)/t9-/m1/s1. The number of fused-ring (bicyclic) bond motifs is 2. The van der Waals surface area contributed by atoms with Crippen LogP contribution in [0.1, 0.15) is 40.2 Å². The molecule has 0 amide bonds. The van der Waals surface area contributed by atoms with Crippen molar-refractivity contribution in [3.8, 4) is 0 Å². The van der Waals surface area contributed by atoms with Crippen molar-refractivity contribution in [3.05, 3.63) is 21.3 Å². The predicted molar refractivity (Wildman–Crippen MR) is 87.3 cm³/mol. The van der Waals surface area contributed by atoms with Crippen molar-refractivity contribution in [1.82, 2.24) is 19.7 Å². The Kier molecular flexibility index (Phi) is 3.00. The van der Waals surface area contributed by atoms with Crippen molar-refractivity contribution in [1.29, 1.82) is 0 Å². The van der Waals surface area contributed by atoms with Crippen molar-refractivity contribution in [2.75, 3.05) is 5.32 Å². The molecule has 110 valence electrons. The molecule has 0 bridgehead atoms. The number of anilines is 1. The van der Waals surface area contributed by atoms with Gasteiger partial charge in [0.2, 0.25) is 0 Å². The molecule has 0 spiro atoms. The molecule has 0 fully saturated rings. The summed E-state index contributed by atoms with van der Waals surface area (Å²) in [6.07, 6.45) is 3.52. The first-order chi connectivity index (χ1) is 10.1. The van der Waals surface area contributed by atoms with E-state index >= 15 is 0 Å². The largest absolute Gasteiger partial charge is 0.353 e. The van der Waals surface area contributed by atoms with Gasteiger partial charge in [0.05, 0.1) is 27.1 Å². The second kappa shape index (κ2) is 4.78. The zero-order valence-electron chi connectivity index (χ0n) is 12.3. The molecule has 7 heteroatoms. The Morgan fingerprint density at radius 2 is 2.10 bits per heavy atom. The maximum absolute atomic E-state index is 4.72. The Labute approximate surface area is 131 Å². The quantitative estimate of drug-likeness (QED) is 0.784. The van der Waals surface area contributed by atoms with Gasteiger partial charge in [-0.15, -0.1) is 11.3 Å². The van der Waals surface area contributed by atoms with Gasteiger partial charge in [-0.1, -0.05) is 11.3 Å². The minimum absolute atomic E-state index is 0.299. The summed E-state index contributed by atoms with van der Waals surface area (Å²) in [5.74, 6) is 0. The Morgan fingerprint density at radius 1 is 1.24 bits per heavy atom. The number of aryl methyl sites for hydroxylation is 4. The van der Waals surface area contributed by atoms with Gasteiger partial charge >= 0.3 is 0 Å². The molecular weight excluding hydrogens is 302 g/mol. The number of hydrogen-bond donors (Lipinski definition) is 1. The summed E-state index contributed by atoms with van der Waals surface area (Å²) in [5.41, 5.74) is 3.25. The average Bonchev–Trinajstić information content (AvgIpc) is 3.07. The monoisotopic (exact) mass is 319 g/mol. The maximum atomic E-state index is 4.72. The molecule has 21 heavy (non-hydrogen) atoms. The van der Waals surface area contributed by atoms with Gasteiger partial charge in [-0.2, -0.15) is 5.10 Å². The summed E-state index contributed by atoms with van der Waals surface area (Å²) < 4.78 is 3.02. The maximum Gasteiger partial charge on any atom is 0.185 e. The second-order valence-electron chi connectivity index (χ2n) is 5.51. The summed E-state index contributed by atoms with van der Waals surface area (Å²) in [5, 5.41) is 10.1. The Morgan fingerprint density at radius 3 is 2.90 bits per heavy atom. The fraction of sp³-hybridized carbons (Fsp3) is 0.500. The molecule has 1 aliphatic rings. The smallest absolute Gasteiger partial charge is 0.185 e. The van der Waals surface area contributed by atoms with Crippen LogP contribution < -0.4 is 5.32 Å². The van der Waals surface area contributed by atoms with E-state index in [4.69, 9.17) is 9.97 Å². The van der Waals surface area contributed by atoms with E-state index in [0.717, 1.165) is 27.9 Å². The van der Waals surface area contributed by atoms with Crippen molar-refractivity contribution in [2.24, 2.45) is 7.05 Å². The molecule has 0 saturated carbocycles. The van der Waals surface area contributed by atoms with E-state index in [0.29, 0.717) is 6.04 Å². The fourth-order valence-electron chi connectivity index (χ4n) is 2.98. The first kappa shape index (κ1) is 13.2. The van der Waals surface area contributed by atoms with E-state index in [-0.39, 0.29) is 0 Å². The topological polar surface area (TPSA) is 55.6 Å². The summed E-state index contributed by atoms with van der Waals surface area (Å²) in [6.45, 7) is 4.12. The van der Waals surface area contributed by atoms with Gasteiger partial charge in [0, 0.05) is 11.9 Å². The van der Waals surface area contributed by atoms with Crippen LogP contribution in [0.15, 0.2) is 0 Å². The molecule has 5 nitrogen and oxygen atoms in total. The summed E-state index contributed by atoms with van der Waals surface area (Å²) >= 11 is 3.52. The molecule has 3 aromatic rings. The van der Waals surface area contributed by atoms with E-state index in [9.17, 15) is 0 Å². The van der Waals surface area contributed by atoms with Crippen molar-refractivity contribution >= 4 is 38.2 Å². The lowest BCUT2D eigenvalue weighted by molar-refractivity contribution is 0.593. The van der Waals surface area contributed by atoms with Crippen LogP contribution in [0.3, 0.4) is 0 Å². The van der Waals surface area contributed by atoms with Crippen LogP contribution in [0.5, 0.6) is 0 Å². The van der Waals surface area contributed by atoms with Gasteiger partial charge in [-0.25, -0.2) is 14.6 Å². The summed E-state index contributed by atoms with van der Waals surface area (Å²) in [4.78, 5) is 10.9. The van der Waals surface area contributed by atoms with E-state index in [1.165, 1.54) is 28.1 Å². The third-order valence-corrected chi connectivity index (χ3v) is 6.03. The normalized spacial score (nSPS) is 18.1. The molecule has 0 radical (unpaired) electrons. The molecule has 0 unspecified atom stereocenters. The van der Waals surface area contributed by atoms with Crippen LogP contribution in [-0.4, -0.2) is 19.7 Å². The van der Waals surface area contributed by atoms with Gasteiger partial charge in [0.25, 0.3) is 0 Å². The summed E-state index contributed by atoms with van der Waals surface area (Å²) in [6, 6.07) is 0.299.